The van der Waals surface area contributed by atoms with Gasteiger partial charge in [0.1, 0.15) is 16.8 Å². The number of sulfonamides is 2. The molecule has 0 saturated heterocycles. The van der Waals surface area contributed by atoms with Gasteiger partial charge in [-0.3, -0.25) is 4.79 Å². The van der Waals surface area contributed by atoms with Crippen molar-refractivity contribution in [3.05, 3.63) is 59.9 Å². The van der Waals surface area contributed by atoms with E-state index in [1.165, 1.54) is 37.4 Å². The summed E-state index contributed by atoms with van der Waals surface area (Å²) in [4.78, 5) is 12.1. The van der Waals surface area contributed by atoms with Gasteiger partial charge in [-0.15, -0.1) is 0 Å². The number of rotatable bonds is 9. The Hall–Kier alpha value is -2.34. The summed E-state index contributed by atoms with van der Waals surface area (Å²) >= 11 is 0. The maximum absolute atomic E-state index is 13.9. The minimum Gasteiger partial charge on any atom is -0.351 e. The molecule has 0 spiro atoms. The second kappa shape index (κ2) is 9.65. The van der Waals surface area contributed by atoms with Gasteiger partial charge in [0.25, 0.3) is 0 Å². The number of nitrogens with one attached hydrogen (secondary N) is 3. The van der Waals surface area contributed by atoms with Crippen molar-refractivity contribution in [1.29, 1.82) is 0 Å². The highest BCUT2D eigenvalue weighted by molar-refractivity contribution is 7.89. The third kappa shape index (κ3) is 5.85. The van der Waals surface area contributed by atoms with Crippen molar-refractivity contribution in [1.82, 2.24) is 14.8 Å². The molecule has 11 heteroatoms. The molecule has 0 saturated carbocycles. The van der Waals surface area contributed by atoms with Gasteiger partial charge in [-0.2, -0.15) is 4.72 Å². The molecular weight excluding hydrogens is 433 g/mol. The van der Waals surface area contributed by atoms with E-state index in [-0.39, 0.29) is 11.4 Å². The Morgan fingerprint density at radius 1 is 1.00 bits per heavy atom. The summed E-state index contributed by atoms with van der Waals surface area (Å²) in [6.45, 7) is 3.28. The zero-order chi connectivity index (χ0) is 22.5. The normalized spacial score (nSPS) is 13.2. The molecule has 0 heterocycles. The summed E-state index contributed by atoms with van der Waals surface area (Å²) in [5.41, 5.74) is 0.513. The molecule has 8 nitrogen and oxygen atoms in total. The van der Waals surface area contributed by atoms with Crippen LogP contribution in [0.3, 0.4) is 0 Å². The van der Waals surface area contributed by atoms with Crippen LogP contribution in [0, 0.1) is 11.7 Å². The zero-order valence-electron chi connectivity index (χ0n) is 16.7. The summed E-state index contributed by atoms with van der Waals surface area (Å²) < 4.78 is 67.2. The smallest absolute Gasteiger partial charge is 0.244 e. The molecule has 2 rings (SSSR count). The van der Waals surface area contributed by atoms with Crippen LogP contribution in [0.5, 0.6) is 0 Å². The molecule has 0 radical (unpaired) electrons. The number of hydrogen-bond acceptors (Lipinski definition) is 5. The zero-order valence-corrected chi connectivity index (χ0v) is 18.3. The number of hydrogen-bond donors (Lipinski definition) is 3. The SMILES string of the molecule is CNS(=O)(=O)c1cccc(CNC(=O)[C@@H](NS(=O)(=O)c2ccccc2F)C(C)C)c1. The molecule has 0 unspecified atom stereocenters. The van der Waals surface area contributed by atoms with Crippen molar-refractivity contribution < 1.29 is 26.0 Å². The molecule has 2 aromatic carbocycles. The number of halogens is 1. The maximum atomic E-state index is 13.9. The lowest BCUT2D eigenvalue weighted by Crippen LogP contribution is -2.49. The predicted octanol–water partition coefficient (Wildman–Crippen LogP) is 1.35. The van der Waals surface area contributed by atoms with E-state index in [1.807, 2.05) is 0 Å². The van der Waals surface area contributed by atoms with E-state index in [9.17, 15) is 26.0 Å². The van der Waals surface area contributed by atoms with Crippen LogP contribution in [-0.2, 0) is 31.4 Å². The van der Waals surface area contributed by atoms with E-state index >= 15 is 0 Å². The van der Waals surface area contributed by atoms with Crippen molar-refractivity contribution >= 4 is 26.0 Å². The first-order chi connectivity index (χ1) is 14.0. The summed E-state index contributed by atoms with van der Waals surface area (Å²) in [6.07, 6.45) is 0. The summed E-state index contributed by atoms with van der Waals surface area (Å²) in [7, 11) is -6.61. The molecular formula is C19H24FN3O5S2. The maximum Gasteiger partial charge on any atom is 0.244 e. The van der Waals surface area contributed by atoms with Gasteiger partial charge < -0.3 is 5.32 Å². The Morgan fingerprint density at radius 3 is 2.27 bits per heavy atom. The quantitative estimate of drug-likeness (QED) is 0.525. The second-order valence-electron chi connectivity index (χ2n) is 6.85. The number of amides is 1. The molecule has 2 aromatic rings. The second-order valence-corrected chi connectivity index (χ2v) is 10.4. The van der Waals surface area contributed by atoms with E-state index in [4.69, 9.17) is 0 Å². The highest BCUT2D eigenvalue weighted by Crippen LogP contribution is 2.16. The van der Waals surface area contributed by atoms with Gasteiger partial charge in [0.2, 0.25) is 26.0 Å². The van der Waals surface area contributed by atoms with Crippen LogP contribution < -0.4 is 14.8 Å². The average molecular weight is 458 g/mol. The Morgan fingerprint density at radius 2 is 1.67 bits per heavy atom. The minimum atomic E-state index is -4.27. The molecule has 30 heavy (non-hydrogen) atoms. The lowest BCUT2D eigenvalue weighted by atomic mass is 10.0. The lowest BCUT2D eigenvalue weighted by Gasteiger charge is -2.22. The minimum absolute atomic E-state index is 0.0173. The molecule has 164 valence electrons. The fraction of sp³-hybridized carbons (Fsp3) is 0.316. The van der Waals surface area contributed by atoms with E-state index in [0.29, 0.717) is 5.56 Å². The topological polar surface area (TPSA) is 121 Å². The lowest BCUT2D eigenvalue weighted by molar-refractivity contribution is -0.123. The Kier molecular flexibility index (Phi) is 7.70. The molecule has 0 aliphatic rings. The van der Waals surface area contributed by atoms with Crippen molar-refractivity contribution in [2.24, 2.45) is 5.92 Å². The van der Waals surface area contributed by atoms with Gasteiger partial charge in [-0.25, -0.2) is 25.9 Å². The van der Waals surface area contributed by atoms with Crippen LogP contribution in [0.25, 0.3) is 0 Å². The summed E-state index contributed by atoms with van der Waals surface area (Å²) in [5, 5.41) is 2.59. The van der Waals surface area contributed by atoms with Crippen molar-refractivity contribution in [3.8, 4) is 0 Å². The van der Waals surface area contributed by atoms with Crippen molar-refractivity contribution in [2.45, 2.75) is 36.2 Å². The van der Waals surface area contributed by atoms with Crippen molar-refractivity contribution in [2.75, 3.05) is 7.05 Å². The fourth-order valence-electron chi connectivity index (χ4n) is 2.63. The molecule has 1 atom stereocenters. The number of carbonyl (C=O) groups excluding carboxylic acids is 1. The largest absolute Gasteiger partial charge is 0.351 e. The molecule has 0 aliphatic carbocycles. The highest BCUT2D eigenvalue weighted by Gasteiger charge is 2.29. The molecule has 0 aliphatic heterocycles. The highest BCUT2D eigenvalue weighted by atomic mass is 32.2. The van der Waals surface area contributed by atoms with E-state index in [0.717, 1.165) is 12.1 Å². The molecule has 0 aromatic heterocycles. The van der Waals surface area contributed by atoms with Crippen LogP contribution in [0.2, 0.25) is 0 Å². The summed E-state index contributed by atoms with van der Waals surface area (Å²) in [5.74, 6) is -1.97. The monoisotopic (exact) mass is 457 g/mol. The van der Waals surface area contributed by atoms with Crippen LogP contribution in [-0.4, -0.2) is 35.8 Å². The van der Waals surface area contributed by atoms with Gasteiger partial charge in [0, 0.05) is 6.54 Å². The van der Waals surface area contributed by atoms with Gasteiger partial charge in [-0.1, -0.05) is 38.1 Å². The van der Waals surface area contributed by atoms with E-state index in [2.05, 4.69) is 14.8 Å². The standard InChI is InChI=1S/C19H24FN3O5S2/c1-13(2)18(23-30(27,28)17-10-5-4-9-16(17)20)19(24)22-12-14-7-6-8-15(11-14)29(25,26)21-3/h4-11,13,18,21,23H,12H2,1-3H3,(H,22,24)/t18-/m0/s1. The fourth-order valence-corrected chi connectivity index (χ4v) is 4.85. The van der Waals surface area contributed by atoms with Gasteiger partial charge in [0.05, 0.1) is 4.90 Å². The van der Waals surface area contributed by atoms with E-state index < -0.39 is 48.6 Å². The van der Waals surface area contributed by atoms with Crippen LogP contribution in [0.15, 0.2) is 58.3 Å². The average Bonchev–Trinajstić information content (AvgIpc) is 2.70. The predicted molar refractivity (Wildman–Crippen MR) is 110 cm³/mol. The van der Waals surface area contributed by atoms with E-state index in [1.54, 1.807) is 19.9 Å². The van der Waals surface area contributed by atoms with Crippen LogP contribution in [0.1, 0.15) is 19.4 Å². The molecule has 1 amide bonds. The number of benzene rings is 2. The Bertz CT molecular complexity index is 1120. The first kappa shape index (κ1) is 23.9. The van der Waals surface area contributed by atoms with Gasteiger partial charge >= 0.3 is 0 Å². The van der Waals surface area contributed by atoms with Crippen LogP contribution >= 0.6 is 0 Å². The molecule has 0 bridgehead atoms. The van der Waals surface area contributed by atoms with Gasteiger partial charge in [-0.05, 0) is 42.8 Å². The number of carbonyl (C=O) groups is 1. The van der Waals surface area contributed by atoms with Crippen molar-refractivity contribution in [3.63, 3.8) is 0 Å². The summed E-state index contributed by atoms with van der Waals surface area (Å²) in [6, 6.07) is 9.70. The van der Waals surface area contributed by atoms with Crippen LogP contribution in [0.4, 0.5) is 4.39 Å². The Labute approximate surface area is 176 Å². The third-order valence-corrected chi connectivity index (χ3v) is 7.19. The molecule has 0 fully saturated rings. The first-order valence-electron chi connectivity index (χ1n) is 9.05. The first-order valence-corrected chi connectivity index (χ1v) is 12.0. The Balaban J connectivity index is 2.16. The molecule has 3 N–H and O–H groups in total. The third-order valence-electron chi connectivity index (χ3n) is 4.30. The van der Waals surface area contributed by atoms with Gasteiger partial charge in [0.15, 0.2) is 0 Å².